The van der Waals surface area contributed by atoms with E-state index < -0.39 is 0 Å². The second-order valence-electron chi connectivity index (χ2n) is 3.11. The molecule has 5 heteroatoms. The maximum absolute atomic E-state index is 5.72. The number of benzene rings is 1. The summed E-state index contributed by atoms with van der Waals surface area (Å²) in [5, 5.41) is 0.778. The van der Waals surface area contributed by atoms with Crippen molar-refractivity contribution in [2.75, 3.05) is 5.73 Å². The normalized spacial score (nSPS) is 11.9. The van der Waals surface area contributed by atoms with Gasteiger partial charge in [0.2, 0.25) is 0 Å². The fourth-order valence-electron chi connectivity index (χ4n) is 1.35. The van der Waals surface area contributed by atoms with Crippen LogP contribution in [-0.2, 0) is 0 Å². The molecule has 0 saturated carbocycles. The molecule has 0 aliphatic rings. The number of nitrogens with two attached hydrogens (primary N) is 3. The largest absolute Gasteiger partial charge is 0.403 e. The Balaban J connectivity index is 2.70. The van der Waals surface area contributed by atoms with Crippen molar-refractivity contribution in [2.45, 2.75) is 0 Å². The van der Waals surface area contributed by atoms with Gasteiger partial charge in [-0.2, -0.15) is 0 Å². The molecule has 0 aliphatic heterocycles. The lowest BCUT2D eigenvalue weighted by atomic mass is 10.1. The molecule has 15 heavy (non-hydrogen) atoms. The number of nitrogens with zero attached hydrogens (tertiary/aromatic N) is 2. The third-order valence-electron chi connectivity index (χ3n) is 2.18. The Morgan fingerprint density at radius 1 is 1.27 bits per heavy atom. The van der Waals surface area contributed by atoms with Gasteiger partial charge in [-0.1, -0.05) is 6.07 Å². The molecule has 1 aromatic heterocycles. The highest BCUT2D eigenvalue weighted by molar-refractivity contribution is 5.90. The predicted molar refractivity (Wildman–Crippen MR) is 60.3 cm³/mol. The molecule has 0 bridgehead atoms. The van der Waals surface area contributed by atoms with Crippen molar-refractivity contribution < 1.29 is 0 Å². The van der Waals surface area contributed by atoms with E-state index in [0.29, 0.717) is 11.5 Å². The van der Waals surface area contributed by atoms with E-state index in [0.717, 1.165) is 16.5 Å². The second kappa shape index (κ2) is 3.45. The summed E-state index contributed by atoms with van der Waals surface area (Å²) in [7, 11) is 0. The number of anilines is 1. The first kappa shape index (κ1) is 9.26. The third kappa shape index (κ3) is 1.54. The van der Waals surface area contributed by atoms with Crippen LogP contribution in [0.2, 0.25) is 0 Å². The summed E-state index contributed by atoms with van der Waals surface area (Å²) >= 11 is 0. The van der Waals surface area contributed by atoms with Crippen molar-refractivity contribution in [2.24, 2.45) is 11.5 Å². The zero-order valence-electron chi connectivity index (χ0n) is 8.01. The smallest absolute Gasteiger partial charge is 0.134 e. The third-order valence-corrected chi connectivity index (χ3v) is 2.18. The van der Waals surface area contributed by atoms with Crippen molar-refractivity contribution in [3.63, 3.8) is 0 Å². The maximum atomic E-state index is 5.72. The van der Waals surface area contributed by atoms with Crippen LogP contribution in [0.25, 0.3) is 16.6 Å². The van der Waals surface area contributed by atoms with Crippen LogP contribution in [0.3, 0.4) is 0 Å². The van der Waals surface area contributed by atoms with E-state index in [1.165, 1.54) is 12.5 Å². The molecule has 0 atom stereocenters. The van der Waals surface area contributed by atoms with Gasteiger partial charge in [0.15, 0.2) is 0 Å². The van der Waals surface area contributed by atoms with Gasteiger partial charge in [-0.3, -0.25) is 0 Å². The van der Waals surface area contributed by atoms with Crippen LogP contribution in [-0.4, -0.2) is 9.97 Å². The van der Waals surface area contributed by atoms with E-state index in [1.54, 1.807) is 0 Å². The second-order valence-corrected chi connectivity index (χ2v) is 3.11. The molecule has 0 spiro atoms. The van der Waals surface area contributed by atoms with E-state index in [-0.39, 0.29) is 0 Å². The predicted octanol–water partition coefficient (Wildman–Crippen LogP) is 0.428. The molecule has 0 saturated heterocycles. The monoisotopic (exact) mass is 201 g/mol. The molecule has 1 aromatic carbocycles. The maximum Gasteiger partial charge on any atom is 0.134 e. The number of aromatic nitrogens is 2. The molecule has 1 heterocycles. The summed E-state index contributed by atoms with van der Waals surface area (Å²) in [5.74, 6) is 0.437. The summed E-state index contributed by atoms with van der Waals surface area (Å²) in [6.07, 6.45) is 2.78. The zero-order chi connectivity index (χ0) is 10.8. The van der Waals surface area contributed by atoms with E-state index in [2.05, 4.69) is 9.97 Å². The SMILES string of the molecule is N/C=C(\N)c1ccc2ncnc(N)c2c1. The highest BCUT2D eigenvalue weighted by Gasteiger charge is 2.02. The average molecular weight is 201 g/mol. The summed E-state index contributed by atoms with van der Waals surface area (Å²) in [6, 6.07) is 5.50. The van der Waals surface area contributed by atoms with Gasteiger partial charge in [0.05, 0.1) is 11.2 Å². The van der Waals surface area contributed by atoms with Gasteiger partial charge in [-0.25, -0.2) is 9.97 Å². The number of rotatable bonds is 1. The highest BCUT2D eigenvalue weighted by Crippen LogP contribution is 2.20. The van der Waals surface area contributed by atoms with Gasteiger partial charge in [0, 0.05) is 11.6 Å². The van der Waals surface area contributed by atoms with Crippen LogP contribution in [0, 0.1) is 0 Å². The van der Waals surface area contributed by atoms with Crippen LogP contribution in [0.4, 0.5) is 5.82 Å². The lowest BCUT2D eigenvalue weighted by molar-refractivity contribution is 1.23. The number of hydrogen-bond donors (Lipinski definition) is 3. The van der Waals surface area contributed by atoms with Crippen molar-refractivity contribution in [3.8, 4) is 0 Å². The molecule has 0 aliphatic carbocycles. The molecule has 76 valence electrons. The molecule has 0 radical (unpaired) electrons. The molecule has 5 nitrogen and oxygen atoms in total. The minimum atomic E-state index is 0.437. The van der Waals surface area contributed by atoms with Crippen molar-refractivity contribution in [3.05, 3.63) is 36.3 Å². The Labute approximate surface area is 86.6 Å². The fraction of sp³-hybridized carbons (Fsp3) is 0. The van der Waals surface area contributed by atoms with E-state index in [9.17, 15) is 0 Å². The number of hydrogen-bond acceptors (Lipinski definition) is 5. The Hall–Kier alpha value is -2.30. The summed E-state index contributed by atoms with van der Waals surface area (Å²) in [5.41, 5.74) is 18.9. The first-order valence-corrected chi connectivity index (χ1v) is 4.40. The van der Waals surface area contributed by atoms with Crippen LogP contribution in [0.1, 0.15) is 5.56 Å². The van der Waals surface area contributed by atoms with Gasteiger partial charge >= 0.3 is 0 Å². The molecule has 2 aromatic rings. The van der Waals surface area contributed by atoms with Crippen LogP contribution in [0.15, 0.2) is 30.7 Å². The quantitative estimate of drug-likeness (QED) is 0.620. The highest BCUT2D eigenvalue weighted by atomic mass is 14.9. The van der Waals surface area contributed by atoms with Gasteiger partial charge in [-0.15, -0.1) is 0 Å². The van der Waals surface area contributed by atoms with E-state index >= 15 is 0 Å². The van der Waals surface area contributed by atoms with Gasteiger partial charge in [0.25, 0.3) is 0 Å². The summed E-state index contributed by atoms with van der Waals surface area (Å²) in [4.78, 5) is 7.99. The van der Waals surface area contributed by atoms with Crippen molar-refractivity contribution >= 4 is 22.4 Å². The number of nitrogen functional groups attached to an aromatic ring is 1. The lowest BCUT2D eigenvalue weighted by Gasteiger charge is -2.04. The first-order valence-electron chi connectivity index (χ1n) is 4.40. The summed E-state index contributed by atoms with van der Waals surface area (Å²) < 4.78 is 0. The Morgan fingerprint density at radius 2 is 2.07 bits per heavy atom. The van der Waals surface area contributed by atoms with Crippen LogP contribution in [0.5, 0.6) is 0 Å². The van der Waals surface area contributed by atoms with Crippen molar-refractivity contribution in [1.82, 2.24) is 9.97 Å². The molecule has 2 rings (SSSR count). The minimum absolute atomic E-state index is 0.437. The van der Waals surface area contributed by atoms with Gasteiger partial charge < -0.3 is 17.2 Å². The molecule has 0 unspecified atom stereocenters. The van der Waals surface area contributed by atoms with Gasteiger partial charge in [-0.05, 0) is 17.7 Å². The average Bonchev–Trinajstić information content (AvgIpc) is 2.28. The topological polar surface area (TPSA) is 104 Å². The first-order chi connectivity index (χ1) is 7.22. The van der Waals surface area contributed by atoms with E-state index in [4.69, 9.17) is 17.2 Å². The Kier molecular flexibility index (Phi) is 2.13. The van der Waals surface area contributed by atoms with E-state index in [1.807, 2.05) is 18.2 Å². The fourth-order valence-corrected chi connectivity index (χ4v) is 1.35. The lowest BCUT2D eigenvalue weighted by Crippen LogP contribution is -2.00. The molecular formula is C10H11N5. The molecule has 0 fully saturated rings. The molecular weight excluding hydrogens is 190 g/mol. The Morgan fingerprint density at radius 3 is 2.80 bits per heavy atom. The Bertz CT molecular complexity index is 532. The van der Waals surface area contributed by atoms with Crippen molar-refractivity contribution in [1.29, 1.82) is 0 Å². The summed E-state index contributed by atoms with van der Waals surface area (Å²) in [6.45, 7) is 0. The molecule has 0 amide bonds. The van der Waals surface area contributed by atoms with Crippen LogP contribution >= 0.6 is 0 Å². The number of fused-ring (bicyclic) bond motifs is 1. The van der Waals surface area contributed by atoms with Crippen LogP contribution < -0.4 is 17.2 Å². The minimum Gasteiger partial charge on any atom is -0.403 e. The van der Waals surface area contributed by atoms with Gasteiger partial charge in [0.1, 0.15) is 12.1 Å². The zero-order valence-corrected chi connectivity index (χ0v) is 8.01. The standard InChI is InChI=1S/C10H11N5/c11-4-8(12)6-1-2-9-7(3-6)10(13)15-5-14-9/h1-5H,11-12H2,(H2,13,14,15)/b8-4-. The molecule has 6 N–H and O–H groups in total.